The Morgan fingerprint density at radius 1 is 1.10 bits per heavy atom. The number of benzene rings is 1. The normalized spacial score (nSPS) is 29.7. The van der Waals surface area contributed by atoms with Gasteiger partial charge < -0.3 is 0 Å². The lowest BCUT2D eigenvalue weighted by atomic mass is 9.94. The number of amides is 4. The molecule has 1 saturated carbocycles. The number of nitrogens with one attached hydrogen (secondary N) is 1. The van der Waals surface area contributed by atoms with E-state index in [4.69, 9.17) is 0 Å². The number of rotatable bonds is 2. The monoisotopic (exact) mass is 286 g/mol. The first-order valence-corrected chi connectivity index (χ1v) is 7.30. The van der Waals surface area contributed by atoms with Crippen molar-refractivity contribution in [2.45, 2.75) is 38.1 Å². The van der Waals surface area contributed by atoms with E-state index in [1.807, 2.05) is 6.07 Å². The molecular weight excluding hydrogens is 268 g/mol. The summed E-state index contributed by atoms with van der Waals surface area (Å²) >= 11 is 0. The fraction of sp³-hybridized carbons (Fsp3) is 0.438. The van der Waals surface area contributed by atoms with Crippen molar-refractivity contribution in [2.75, 3.05) is 0 Å². The fourth-order valence-electron chi connectivity index (χ4n) is 3.29. The lowest BCUT2D eigenvalue weighted by molar-refractivity contribution is -0.140. The number of imide groups is 2. The molecule has 3 atom stereocenters. The Morgan fingerprint density at radius 2 is 1.81 bits per heavy atom. The maximum atomic E-state index is 12.7. The number of hydrogen-bond acceptors (Lipinski definition) is 3. The van der Waals surface area contributed by atoms with Crippen LogP contribution in [0.4, 0.5) is 4.79 Å². The molecule has 2 aliphatic rings. The Hall–Kier alpha value is -2.17. The first-order chi connectivity index (χ1) is 10.1. The Kier molecular flexibility index (Phi) is 3.49. The summed E-state index contributed by atoms with van der Waals surface area (Å²) < 4.78 is 0. The topological polar surface area (TPSA) is 66.5 Å². The van der Waals surface area contributed by atoms with Crippen molar-refractivity contribution in [3.05, 3.63) is 35.9 Å². The molecule has 1 aliphatic carbocycles. The third-order valence-corrected chi connectivity index (χ3v) is 4.36. The van der Waals surface area contributed by atoms with Gasteiger partial charge in [-0.25, -0.2) is 4.79 Å². The number of nitrogens with zero attached hydrogens (tertiary/aromatic N) is 1. The average Bonchev–Trinajstić information content (AvgIpc) is 2.85. The third-order valence-electron chi connectivity index (χ3n) is 4.36. The van der Waals surface area contributed by atoms with Crippen LogP contribution in [0.15, 0.2) is 30.3 Å². The molecule has 0 spiro atoms. The van der Waals surface area contributed by atoms with Gasteiger partial charge in [0.05, 0.1) is 0 Å². The van der Waals surface area contributed by atoms with Crippen molar-refractivity contribution < 1.29 is 14.4 Å². The minimum Gasteiger partial charge on any atom is -0.277 e. The van der Waals surface area contributed by atoms with Crippen LogP contribution < -0.4 is 5.32 Å². The molecule has 110 valence electrons. The van der Waals surface area contributed by atoms with Gasteiger partial charge in [0.25, 0.3) is 0 Å². The molecule has 4 amide bonds. The summed E-state index contributed by atoms with van der Waals surface area (Å²) in [7, 11) is 0. The molecule has 3 rings (SSSR count). The number of carbonyl (C=O) groups is 3. The van der Waals surface area contributed by atoms with Crippen LogP contribution in [-0.2, 0) is 9.59 Å². The van der Waals surface area contributed by atoms with Crippen molar-refractivity contribution in [3.8, 4) is 0 Å². The summed E-state index contributed by atoms with van der Waals surface area (Å²) in [5, 5.41) is 2.33. The lowest BCUT2D eigenvalue weighted by Gasteiger charge is -2.34. The number of hydrogen-bond donors (Lipinski definition) is 1. The standard InChI is InChI=1S/C16H18N2O3/c1-10-7-8-12(9-10)18-15(20)13(14(19)17-16(18)21)11-5-3-2-4-6-11/h2-6,10,12-13H,7-9H2,1H3,(H,17,19,21). The molecule has 0 aromatic heterocycles. The van der Waals surface area contributed by atoms with Crippen molar-refractivity contribution in [3.63, 3.8) is 0 Å². The maximum absolute atomic E-state index is 12.7. The van der Waals surface area contributed by atoms with Gasteiger partial charge in [-0.3, -0.25) is 19.8 Å². The molecule has 3 unspecified atom stereocenters. The van der Waals surface area contributed by atoms with Gasteiger partial charge in [0.2, 0.25) is 11.8 Å². The fourth-order valence-corrected chi connectivity index (χ4v) is 3.29. The summed E-state index contributed by atoms with van der Waals surface area (Å²) in [5.41, 5.74) is 0.628. The van der Waals surface area contributed by atoms with Crippen LogP contribution in [0.5, 0.6) is 0 Å². The van der Waals surface area contributed by atoms with E-state index in [-0.39, 0.29) is 6.04 Å². The van der Waals surface area contributed by atoms with E-state index in [1.54, 1.807) is 24.3 Å². The van der Waals surface area contributed by atoms with Crippen molar-refractivity contribution in [1.29, 1.82) is 0 Å². The van der Waals surface area contributed by atoms with Gasteiger partial charge in [-0.05, 0) is 30.7 Å². The van der Waals surface area contributed by atoms with Crippen LogP contribution in [0.2, 0.25) is 0 Å². The first-order valence-electron chi connectivity index (χ1n) is 7.30. The highest BCUT2D eigenvalue weighted by molar-refractivity contribution is 6.19. The van der Waals surface area contributed by atoms with Crippen LogP contribution >= 0.6 is 0 Å². The van der Waals surface area contributed by atoms with Gasteiger partial charge in [-0.1, -0.05) is 37.3 Å². The Morgan fingerprint density at radius 3 is 2.43 bits per heavy atom. The quantitative estimate of drug-likeness (QED) is 0.846. The largest absolute Gasteiger partial charge is 0.331 e. The summed E-state index contributed by atoms with van der Waals surface area (Å²) in [6.45, 7) is 2.12. The van der Waals surface area contributed by atoms with E-state index in [9.17, 15) is 14.4 Å². The molecule has 1 N–H and O–H groups in total. The second kappa shape index (κ2) is 5.31. The van der Waals surface area contributed by atoms with Crippen LogP contribution in [0.3, 0.4) is 0 Å². The predicted molar refractivity (Wildman–Crippen MR) is 76.4 cm³/mol. The van der Waals surface area contributed by atoms with E-state index in [1.165, 1.54) is 4.90 Å². The van der Waals surface area contributed by atoms with Crippen LogP contribution in [0.1, 0.15) is 37.7 Å². The Balaban J connectivity index is 1.90. The third kappa shape index (κ3) is 2.44. The molecule has 1 aromatic carbocycles. The smallest absolute Gasteiger partial charge is 0.277 e. The number of barbiturate groups is 1. The molecule has 0 radical (unpaired) electrons. The second-order valence-electron chi connectivity index (χ2n) is 5.92. The van der Waals surface area contributed by atoms with E-state index >= 15 is 0 Å². The summed E-state index contributed by atoms with van der Waals surface area (Å²) in [4.78, 5) is 38.1. The first kappa shape index (κ1) is 13.8. The number of carbonyl (C=O) groups excluding carboxylic acids is 3. The molecule has 21 heavy (non-hydrogen) atoms. The van der Waals surface area contributed by atoms with E-state index in [0.717, 1.165) is 19.3 Å². The zero-order chi connectivity index (χ0) is 15.0. The van der Waals surface area contributed by atoms with Gasteiger partial charge in [0.15, 0.2) is 0 Å². The molecule has 1 saturated heterocycles. The highest BCUT2D eigenvalue weighted by atomic mass is 16.2. The highest BCUT2D eigenvalue weighted by Gasteiger charge is 2.45. The summed E-state index contributed by atoms with van der Waals surface area (Å²) in [6, 6.07) is 8.22. The predicted octanol–water partition coefficient (Wildman–Crippen LogP) is 2.04. The van der Waals surface area contributed by atoms with Crippen LogP contribution in [0, 0.1) is 5.92 Å². The van der Waals surface area contributed by atoms with E-state index in [0.29, 0.717) is 11.5 Å². The molecule has 2 fully saturated rings. The zero-order valence-electron chi connectivity index (χ0n) is 11.9. The summed E-state index contributed by atoms with van der Waals surface area (Å²) in [6.07, 6.45) is 2.64. The zero-order valence-corrected chi connectivity index (χ0v) is 11.9. The SMILES string of the molecule is CC1CCC(N2C(=O)NC(=O)C(c3ccccc3)C2=O)C1. The summed E-state index contributed by atoms with van der Waals surface area (Å²) in [5.74, 6) is -1.34. The molecular formula is C16H18N2O3. The van der Waals surface area contributed by atoms with Crippen molar-refractivity contribution >= 4 is 17.8 Å². The van der Waals surface area contributed by atoms with Crippen molar-refractivity contribution in [1.82, 2.24) is 10.2 Å². The van der Waals surface area contributed by atoms with E-state index in [2.05, 4.69) is 12.2 Å². The van der Waals surface area contributed by atoms with Gasteiger partial charge >= 0.3 is 6.03 Å². The van der Waals surface area contributed by atoms with Gasteiger partial charge in [-0.2, -0.15) is 0 Å². The lowest BCUT2D eigenvalue weighted by Crippen LogP contribution is -2.59. The Bertz CT molecular complexity index is 584. The average molecular weight is 286 g/mol. The number of urea groups is 1. The van der Waals surface area contributed by atoms with Crippen molar-refractivity contribution in [2.24, 2.45) is 5.92 Å². The second-order valence-corrected chi connectivity index (χ2v) is 5.92. The van der Waals surface area contributed by atoms with Gasteiger partial charge in [-0.15, -0.1) is 0 Å². The molecule has 1 aromatic rings. The molecule has 1 heterocycles. The Labute approximate surface area is 123 Å². The van der Waals surface area contributed by atoms with Gasteiger partial charge in [0.1, 0.15) is 5.92 Å². The molecule has 1 aliphatic heterocycles. The molecule has 0 bridgehead atoms. The minimum absolute atomic E-state index is 0.0909. The van der Waals surface area contributed by atoms with Crippen LogP contribution in [-0.4, -0.2) is 28.8 Å². The van der Waals surface area contributed by atoms with Crippen LogP contribution in [0.25, 0.3) is 0 Å². The van der Waals surface area contributed by atoms with Gasteiger partial charge in [0, 0.05) is 6.04 Å². The van der Waals surface area contributed by atoms with E-state index < -0.39 is 23.8 Å². The maximum Gasteiger partial charge on any atom is 0.331 e. The molecule has 5 heteroatoms. The minimum atomic E-state index is -0.917. The molecule has 5 nitrogen and oxygen atoms in total. The highest BCUT2D eigenvalue weighted by Crippen LogP contribution is 2.32.